The third-order valence-corrected chi connectivity index (χ3v) is 5.09. The molecule has 154 valence electrons. The highest BCUT2D eigenvalue weighted by Gasteiger charge is 2.13. The molecule has 3 aromatic rings. The van der Waals surface area contributed by atoms with Gasteiger partial charge in [-0.2, -0.15) is 0 Å². The summed E-state index contributed by atoms with van der Waals surface area (Å²) in [7, 11) is 1.84. The number of anilines is 1. The Morgan fingerprint density at radius 1 is 1.10 bits per heavy atom. The van der Waals surface area contributed by atoms with Gasteiger partial charge in [-0.1, -0.05) is 42.1 Å². The van der Waals surface area contributed by atoms with Crippen molar-refractivity contribution in [2.75, 3.05) is 17.7 Å². The zero-order valence-electron chi connectivity index (χ0n) is 16.7. The van der Waals surface area contributed by atoms with Gasteiger partial charge in [0.15, 0.2) is 11.0 Å². The van der Waals surface area contributed by atoms with Crippen LogP contribution in [0.2, 0.25) is 0 Å². The molecule has 1 amide bonds. The monoisotopic (exact) mass is 422 g/mol. The van der Waals surface area contributed by atoms with Crippen LogP contribution < -0.4 is 5.32 Å². The number of amides is 1. The molecule has 2 aromatic carbocycles. The minimum Gasteiger partial charge on any atom is -0.465 e. The van der Waals surface area contributed by atoms with Gasteiger partial charge in [-0.15, -0.1) is 10.2 Å². The van der Waals surface area contributed by atoms with Crippen LogP contribution in [0.4, 0.5) is 5.69 Å². The number of carbonyl (C=O) groups excluding carboxylic acids is 2. The van der Waals surface area contributed by atoms with Crippen molar-refractivity contribution in [3.05, 3.63) is 66.2 Å². The number of carbonyl (C=O) groups is 2. The van der Waals surface area contributed by atoms with Crippen LogP contribution in [0.3, 0.4) is 0 Å². The molecule has 0 bridgehead atoms. The van der Waals surface area contributed by atoms with E-state index >= 15 is 0 Å². The number of benzene rings is 2. The van der Waals surface area contributed by atoms with Gasteiger partial charge < -0.3 is 14.6 Å². The van der Waals surface area contributed by atoms with Crippen molar-refractivity contribution in [2.45, 2.75) is 12.1 Å². The molecule has 1 N–H and O–H groups in total. The van der Waals surface area contributed by atoms with Crippen LogP contribution in [-0.2, 0) is 21.4 Å². The fourth-order valence-electron chi connectivity index (χ4n) is 2.64. The van der Waals surface area contributed by atoms with Crippen molar-refractivity contribution in [3.8, 4) is 11.4 Å². The normalized spacial score (nSPS) is 10.9. The zero-order chi connectivity index (χ0) is 21.3. The highest BCUT2D eigenvalue weighted by atomic mass is 32.2. The first kappa shape index (κ1) is 21.3. The van der Waals surface area contributed by atoms with Crippen LogP contribution in [0.15, 0.2) is 65.8 Å². The van der Waals surface area contributed by atoms with Gasteiger partial charge in [-0.05, 0) is 42.8 Å². The second-order valence-electron chi connectivity index (χ2n) is 6.27. The molecule has 7 nitrogen and oxygen atoms in total. The van der Waals surface area contributed by atoms with E-state index in [1.165, 1.54) is 17.8 Å². The molecule has 1 heterocycles. The van der Waals surface area contributed by atoms with E-state index in [-0.39, 0.29) is 17.6 Å². The maximum Gasteiger partial charge on any atom is 0.316 e. The van der Waals surface area contributed by atoms with Crippen LogP contribution in [0, 0.1) is 0 Å². The number of nitrogens with zero attached hydrogens (tertiary/aromatic N) is 3. The average Bonchev–Trinajstić information content (AvgIpc) is 3.13. The van der Waals surface area contributed by atoms with Crippen molar-refractivity contribution < 1.29 is 14.3 Å². The van der Waals surface area contributed by atoms with Crippen molar-refractivity contribution >= 4 is 35.4 Å². The molecule has 0 aliphatic heterocycles. The van der Waals surface area contributed by atoms with E-state index in [1.807, 2.05) is 66.2 Å². The standard InChI is InChI=1S/C22H22N4O3S/c1-3-29-20(28)15-30-22-25-24-21(26(22)2)17-10-12-18(13-11-17)23-19(27)14-9-16-7-5-4-6-8-16/h4-14H,3,15H2,1-2H3,(H,23,27)/b14-9+. The number of hydrogen-bond acceptors (Lipinski definition) is 6. The van der Waals surface area contributed by atoms with Crippen LogP contribution >= 0.6 is 11.8 Å². The molecule has 0 radical (unpaired) electrons. The topological polar surface area (TPSA) is 86.1 Å². The summed E-state index contributed by atoms with van der Waals surface area (Å²) >= 11 is 1.28. The van der Waals surface area contributed by atoms with Crippen LogP contribution in [0.25, 0.3) is 17.5 Å². The molecule has 0 atom stereocenters. The Morgan fingerprint density at radius 3 is 2.53 bits per heavy atom. The molecule has 3 rings (SSSR count). The number of esters is 1. The van der Waals surface area contributed by atoms with Gasteiger partial charge in [0.2, 0.25) is 5.91 Å². The van der Waals surface area contributed by atoms with E-state index in [0.717, 1.165) is 11.1 Å². The van der Waals surface area contributed by atoms with E-state index in [1.54, 1.807) is 13.0 Å². The molecule has 0 spiro atoms. The van der Waals surface area contributed by atoms with Gasteiger partial charge in [0.25, 0.3) is 0 Å². The van der Waals surface area contributed by atoms with Gasteiger partial charge in [-0.3, -0.25) is 9.59 Å². The van der Waals surface area contributed by atoms with Gasteiger partial charge in [-0.25, -0.2) is 0 Å². The summed E-state index contributed by atoms with van der Waals surface area (Å²) in [6.07, 6.45) is 3.26. The van der Waals surface area contributed by atoms with Gasteiger partial charge in [0.1, 0.15) is 0 Å². The number of nitrogens with one attached hydrogen (secondary N) is 1. The second-order valence-corrected chi connectivity index (χ2v) is 7.21. The quantitative estimate of drug-likeness (QED) is 0.338. The van der Waals surface area contributed by atoms with Crippen molar-refractivity contribution in [3.63, 3.8) is 0 Å². The number of thioether (sulfide) groups is 1. The first-order valence-corrected chi connectivity index (χ1v) is 10.4. The molecule has 0 saturated heterocycles. The Balaban J connectivity index is 1.61. The lowest BCUT2D eigenvalue weighted by atomic mass is 10.2. The van der Waals surface area contributed by atoms with Gasteiger partial charge in [0, 0.05) is 24.4 Å². The average molecular weight is 423 g/mol. The molecule has 1 aromatic heterocycles. The summed E-state index contributed by atoms with van der Waals surface area (Å²) < 4.78 is 6.75. The third kappa shape index (κ3) is 5.81. The van der Waals surface area contributed by atoms with Crippen molar-refractivity contribution in [1.82, 2.24) is 14.8 Å². The molecule has 30 heavy (non-hydrogen) atoms. The van der Waals surface area contributed by atoms with E-state index in [4.69, 9.17) is 4.74 Å². The Kier molecular flexibility index (Phi) is 7.40. The minimum atomic E-state index is -0.284. The Hall–Kier alpha value is -3.39. The predicted molar refractivity (Wildman–Crippen MR) is 118 cm³/mol. The second kappa shape index (κ2) is 10.4. The summed E-state index contributed by atoms with van der Waals surface area (Å²) in [6.45, 7) is 2.13. The molecule has 0 aliphatic rings. The maximum absolute atomic E-state index is 12.1. The molecule has 8 heteroatoms. The number of hydrogen-bond donors (Lipinski definition) is 1. The van der Waals surface area contributed by atoms with Crippen molar-refractivity contribution in [2.24, 2.45) is 7.05 Å². The number of aromatic nitrogens is 3. The largest absolute Gasteiger partial charge is 0.465 e. The van der Waals surface area contributed by atoms with E-state index in [2.05, 4.69) is 15.5 Å². The summed E-state index contributed by atoms with van der Waals surface area (Å²) in [6, 6.07) is 17.0. The lowest BCUT2D eigenvalue weighted by Crippen LogP contribution is -2.08. The van der Waals surface area contributed by atoms with Crippen LogP contribution in [0.1, 0.15) is 12.5 Å². The summed E-state index contributed by atoms with van der Waals surface area (Å²) in [4.78, 5) is 23.6. The molecular formula is C22H22N4O3S. The zero-order valence-corrected chi connectivity index (χ0v) is 17.6. The lowest BCUT2D eigenvalue weighted by Gasteiger charge is -2.06. The minimum absolute atomic E-state index is 0.182. The Bertz CT molecular complexity index is 1030. The smallest absolute Gasteiger partial charge is 0.316 e. The SMILES string of the molecule is CCOC(=O)CSc1nnc(-c2ccc(NC(=O)/C=C/c3ccccc3)cc2)n1C. The maximum atomic E-state index is 12.1. The summed E-state index contributed by atoms with van der Waals surface area (Å²) in [5.74, 6) is 0.362. The van der Waals surface area contributed by atoms with E-state index in [0.29, 0.717) is 23.3 Å². The first-order valence-electron chi connectivity index (χ1n) is 9.39. The van der Waals surface area contributed by atoms with Gasteiger partial charge in [0.05, 0.1) is 12.4 Å². The molecule has 0 unspecified atom stereocenters. The molecule has 0 fully saturated rings. The Labute approximate surface area is 179 Å². The summed E-state index contributed by atoms with van der Waals surface area (Å²) in [5.41, 5.74) is 2.49. The van der Waals surface area contributed by atoms with Crippen LogP contribution in [-0.4, -0.2) is 39.0 Å². The van der Waals surface area contributed by atoms with Crippen LogP contribution in [0.5, 0.6) is 0 Å². The number of rotatable bonds is 8. The van der Waals surface area contributed by atoms with E-state index < -0.39 is 0 Å². The predicted octanol–water partition coefficient (Wildman–Crippen LogP) is 3.79. The highest BCUT2D eigenvalue weighted by Crippen LogP contribution is 2.24. The Morgan fingerprint density at radius 2 is 1.83 bits per heavy atom. The van der Waals surface area contributed by atoms with Crippen molar-refractivity contribution in [1.29, 1.82) is 0 Å². The molecule has 0 aliphatic carbocycles. The van der Waals surface area contributed by atoms with Gasteiger partial charge >= 0.3 is 5.97 Å². The molecular weight excluding hydrogens is 400 g/mol. The number of ether oxygens (including phenoxy) is 1. The fraction of sp³-hybridized carbons (Fsp3) is 0.182. The highest BCUT2D eigenvalue weighted by molar-refractivity contribution is 7.99. The summed E-state index contributed by atoms with van der Waals surface area (Å²) in [5, 5.41) is 11.8. The first-order chi connectivity index (χ1) is 14.6. The third-order valence-electron chi connectivity index (χ3n) is 4.10. The van der Waals surface area contributed by atoms with E-state index in [9.17, 15) is 9.59 Å². The molecule has 0 saturated carbocycles. The fourth-order valence-corrected chi connectivity index (χ4v) is 3.35. The lowest BCUT2D eigenvalue weighted by molar-refractivity contribution is -0.139.